The van der Waals surface area contributed by atoms with E-state index in [2.05, 4.69) is 20.5 Å². The zero-order valence-electron chi connectivity index (χ0n) is 18.7. The van der Waals surface area contributed by atoms with Gasteiger partial charge >= 0.3 is 6.18 Å². The van der Waals surface area contributed by atoms with Crippen molar-refractivity contribution in [3.8, 4) is 11.3 Å². The Hall–Kier alpha value is -4.74. The van der Waals surface area contributed by atoms with Crippen molar-refractivity contribution in [2.24, 2.45) is 5.73 Å². The third-order valence-corrected chi connectivity index (χ3v) is 5.64. The van der Waals surface area contributed by atoms with Gasteiger partial charge in [0.25, 0.3) is 11.8 Å². The number of nitrogens with two attached hydrogens (primary N) is 1. The van der Waals surface area contributed by atoms with E-state index in [9.17, 15) is 22.8 Å². The molecule has 3 N–H and O–H groups in total. The summed E-state index contributed by atoms with van der Waals surface area (Å²) < 4.78 is 44.0. The average molecular weight is 493 g/mol. The quantitative estimate of drug-likeness (QED) is 0.381. The van der Waals surface area contributed by atoms with Gasteiger partial charge in [0.1, 0.15) is 5.56 Å². The lowest BCUT2D eigenvalue weighted by molar-refractivity contribution is -0.142. The normalized spacial score (nSPS) is 11.8. The van der Waals surface area contributed by atoms with E-state index >= 15 is 0 Å². The number of carbonyl (C=O) groups excluding carboxylic acids is 2. The van der Waals surface area contributed by atoms with Gasteiger partial charge in [-0.15, -0.1) is 0 Å². The number of alkyl halides is 3. The number of benzene rings is 2. The van der Waals surface area contributed by atoms with Gasteiger partial charge in [0, 0.05) is 18.3 Å². The molecule has 2 amide bonds. The zero-order valence-corrected chi connectivity index (χ0v) is 18.7. The number of primary amides is 1. The minimum atomic E-state index is -4.78. The van der Waals surface area contributed by atoms with Crippen LogP contribution in [0, 0.1) is 0 Å². The largest absolute Gasteiger partial charge is 0.433 e. The number of nitrogens with one attached hydrogen (secondary N) is 1. The van der Waals surface area contributed by atoms with Crippen LogP contribution in [0.25, 0.3) is 27.7 Å². The maximum Gasteiger partial charge on any atom is 0.433 e. The van der Waals surface area contributed by atoms with Crippen LogP contribution in [0.5, 0.6) is 0 Å². The SMILES string of the molecule is CCn1cc(NC(=O)c2cnn3c(C(F)(F)F)cc(-c4cccc5ccccc45)nc23)c(C(N)=O)n1. The van der Waals surface area contributed by atoms with Crippen molar-refractivity contribution in [1.82, 2.24) is 24.4 Å². The summed E-state index contributed by atoms with van der Waals surface area (Å²) in [6, 6.07) is 13.3. The van der Waals surface area contributed by atoms with Crippen molar-refractivity contribution in [3.05, 3.63) is 77.9 Å². The maximum absolute atomic E-state index is 14.0. The van der Waals surface area contributed by atoms with E-state index in [4.69, 9.17) is 5.73 Å². The van der Waals surface area contributed by atoms with Gasteiger partial charge in [-0.05, 0) is 23.8 Å². The second-order valence-corrected chi connectivity index (χ2v) is 7.91. The lowest BCUT2D eigenvalue weighted by Gasteiger charge is -2.13. The molecule has 0 fully saturated rings. The molecule has 0 bridgehead atoms. The van der Waals surface area contributed by atoms with Crippen LogP contribution in [-0.4, -0.2) is 36.2 Å². The van der Waals surface area contributed by atoms with Crippen LogP contribution in [-0.2, 0) is 12.7 Å². The van der Waals surface area contributed by atoms with E-state index in [1.165, 1.54) is 10.9 Å². The first-order valence-electron chi connectivity index (χ1n) is 10.8. The number of aromatic nitrogens is 5. The number of hydrogen-bond acceptors (Lipinski definition) is 5. The Kier molecular flexibility index (Phi) is 5.43. The van der Waals surface area contributed by atoms with Crippen LogP contribution in [0.3, 0.4) is 0 Å². The molecule has 0 aliphatic rings. The molecule has 0 aliphatic carbocycles. The Morgan fingerprint density at radius 1 is 1.11 bits per heavy atom. The van der Waals surface area contributed by atoms with Crippen LogP contribution in [0.1, 0.15) is 33.5 Å². The standard InChI is InChI=1S/C24H18F3N7O2/c1-2-33-12-18(20(32-33)21(28)35)31-23(36)16-11-29-34-19(24(25,26)27)10-17(30-22(16)34)15-9-5-7-13-6-3-4-8-14(13)15/h3-12H,2H2,1H3,(H2,28,35)(H,31,36). The molecular formula is C24H18F3N7O2. The lowest BCUT2D eigenvalue weighted by Crippen LogP contribution is -2.18. The van der Waals surface area contributed by atoms with Crippen molar-refractivity contribution in [1.29, 1.82) is 0 Å². The van der Waals surface area contributed by atoms with Crippen LogP contribution in [0.2, 0.25) is 0 Å². The predicted octanol–water partition coefficient (Wildman–Crippen LogP) is 4.14. The molecule has 0 saturated heterocycles. The molecule has 0 atom stereocenters. The fourth-order valence-electron chi connectivity index (χ4n) is 3.96. The lowest BCUT2D eigenvalue weighted by atomic mass is 10.0. The highest BCUT2D eigenvalue weighted by Crippen LogP contribution is 2.35. The summed E-state index contributed by atoms with van der Waals surface area (Å²) in [6.07, 6.45) is -2.38. The smallest absolute Gasteiger partial charge is 0.364 e. The highest BCUT2D eigenvalue weighted by molar-refractivity contribution is 6.11. The third kappa shape index (κ3) is 3.91. The van der Waals surface area contributed by atoms with Crippen LogP contribution < -0.4 is 11.1 Å². The molecule has 3 aromatic heterocycles. The molecule has 0 saturated carbocycles. The van der Waals surface area contributed by atoms with Gasteiger partial charge in [-0.1, -0.05) is 42.5 Å². The molecule has 36 heavy (non-hydrogen) atoms. The molecule has 3 heterocycles. The monoisotopic (exact) mass is 493 g/mol. The average Bonchev–Trinajstić information content (AvgIpc) is 3.46. The van der Waals surface area contributed by atoms with Crippen molar-refractivity contribution in [3.63, 3.8) is 0 Å². The number of nitrogens with zero attached hydrogens (tertiary/aromatic N) is 5. The number of carbonyl (C=O) groups is 2. The highest BCUT2D eigenvalue weighted by atomic mass is 19.4. The summed E-state index contributed by atoms with van der Waals surface area (Å²) in [5.41, 5.74) is 4.07. The number of aryl methyl sites for hydroxylation is 1. The number of hydrogen-bond donors (Lipinski definition) is 2. The molecular weight excluding hydrogens is 475 g/mol. The van der Waals surface area contributed by atoms with Crippen molar-refractivity contribution in [2.75, 3.05) is 5.32 Å². The van der Waals surface area contributed by atoms with E-state index < -0.39 is 23.7 Å². The molecule has 12 heteroatoms. The van der Waals surface area contributed by atoms with Gasteiger partial charge in [0.15, 0.2) is 17.0 Å². The van der Waals surface area contributed by atoms with Crippen molar-refractivity contribution in [2.45, 2.75) is 19.6 Å². The molecule has 0 spiro atoms. The van der Waals surface area contributed by atoms with Gasteiger partial charge in [-0.2, -0.15) is 23.4 Å². The fraction of sp³-hybridized carbons (Fsp3) is 0.125. The van der Waals surface area contributed by atoms with Gasteiger partial charge in [-0.3, -0.25) is 14.3 Å². The minimum Gasteiger partial charge on any atom is -0.364 e. The van der Waals surface area contributed by atoms with Gasteiger partial charge in [0.05, 0.1) is 17.6 Å². The molecule has 9 nitrogen and oxygen atoms in total. The van der Waals surface area contributed by atoms with E-state index in [0.717, 1.165) is 17.6 Å². The second kappa shape index (κ2) is 8.48. The van der Waals surface area contributed by atoms with Gasteiger partial charge in [-0.25, -0.2) is 9.50 Å². The number of halogens is 3. The number of anilines is 1. The summed E-state index contributed by atoms with van der Waals surface area (Å²) in [4.78, 5) is 29.2. The summed E-state index contributed by atoms with van der Waals surface area (Å²) in [5.74, 6) is -1.69. The van der Waals surface area contributed by atoms with Crippen LogP contribution in [0.4, 0.5) is 18.9 Å². The Morgan fingerprint density at radius 3 is 2.58 bits per heavy atom. The van der Waals surface area contributed by atoms with Crippen LogP contribution >= 0.6 is 0 Å². The fourth-order valence-corrected chi connectivity index (χ4v) is 3.96. The molecule has 5 aromatic rings. The molecule has 0 aliphatic heterocycles. The summed E-state index contributed by atoms with van der Waals surface area (Å²) in [5, 5.41) is 11.8. The van der Waals surface area contributed by atoms with E-state index in [1.807, 2.05) is 18.2 Å². The summed E-state index contributed by atoms with van der Waals surface area (Å²) >= 11 is 0. The Morgan fingerprint density at radius 2 is 1.86 bits per heavy atom. The second-order valence-electron chi connectivity index (χ2n) is 7.91. The van der Waals surface area contributed by atoms with E-state index in [-0.39, 0.29) is 28.3 Å². The summed E-state index contributed by atoms with van der Waals surface area (Å²) in [7, 11) is 0. The van der Waals surface area contributed by atoms with E-state index in [0.29, 0.717) is 22.0 Å². The zero-order chi connectivity index (χ0) is 25.6. The van der Waals surface area contributed by atoms with Gasteiger partial charge in [0.2, 0.25) is 0 Å². The third-order valence-electron chi connectivity index (χ3n) is 5.64. The Labute approximate surface area is 201 Å². The Balaban J connectivity index is 1.67. The molecule has 2 aromatic carbocycles. The minimum absolute atomic E-state index is 0.0231. The predicted molar refractivity (Wildman–Crippen MR) is 125 cm³/mol. The first kappa shape index (κ1) is 23.0. The van der Waals surface area contributed by atoms with Gasteiger partial charge < -0.3 is 11.1 Å². The highest BCUT2D eigenvalue weighted by Gasteiger charge is 2.36. The number of amides is 2. The first-order valence-corrected chi connectivity index (χ1v) is 10.8. The van der Waals surface area contributed by atoms with E-state index in [1.54, 1.807) is 31.2 Å². The first-order chi connectivity index (χ1) is 17.2. The topological polar surface area (TPSA) is 120 Å². The number of rotatable bonds is 5. The molecule has 0 radical (unpaired) electrons. The van der Waals surface area contributed by atoms with Crippen LogP contribution in [0.15, 0.2) is 60.9 Å². The van der Waals surface area contributed by atoms with Crippen molar-refractivity contribution < 1.29 is 22.8 Å². The molecule has 5 rings (SSSR count). The maximum atomic E-state index is 14.0. The molecule has 182 valence electrons. The Bertz CT molecular complexity index is 1650. The molecule has 0 unspecified atom stereocenters. The number of fused-ring (bicyclic) bond motifs is 2. The van der Waals surface area contributed by atoms with Crippen molar-refractivity contribution >= 4 is 33.9 Å². The summed E-state index contributed by atoms with van der Waals surface area (Å²) in [6.45, 7) is 2.17.